The Morgan fingerprint density at radius 2 is 1.62 bits per heavy atom. The van der Waals surface area contributed by atoms with Gasteiger partial charge < -0.3 is 4.90 Å². The average molecular weight is 318 g/mol. The third-order valence-electron chi connectivity index (χ3n) is 5.14. The predicted molar refractivity (Wildman–Crippen MR) is 97.6 cm³/mol. The van der Waals surface area contributed by atoms with E-state index in [1.54, 1.807) is 0 Å². The Hall–Kier alpha value is -2.39. The number of fused-ring (bicyclic) bond motifs is 1. The van der Waals surface area contributed by atoms with Crippen LogP contribution in [-0.4, -0.2) is 35.5 Å². The van der Waals surface area contributed by atoms with Gasteiger partial charge in [0, 0.05) is 17.1 Å². The molecule has 0 atom stereocenters. The van der Waals surface area contributed by atoms with E-state index in [1.165, 1.54) is 10.9 Å². The summed E-state index contributed by atoms with van der Waals surface area (Å²) in [4.78, 5) is 15.3. The molecule has 2 heterocycles. The van der Waals surface area contributed by atoms with E-state index in [1.807, 2.05) is 41.0 Å². The first kappa shape index (κ1) is 15.2. The van der Waals surface area contributed by atoms with Crippen LogP contribution in [0.15, 0.2) is 60.8 Å². The van der Waals surface area contributed by atoms with Gasteiger partial charge in [0.25, 0.3) is 5.91 Å². The van der Waals surface area contributed by atoms with E-state index in [0.717, 1.165) is 37.0 Å². The first-order valence-electron chi connectivity index (χ1n) is 8.62. The van der Waals surface area contributed by atoms with Crippen LogP contribution in [-0.2, 0) is 0 Å². The average Bonchev–Trinajstić information content (AvgIpc) is 3.02. The number of carbonyl (C=O) groups excluding carboxylic acids is 1. The van der Waals surface area contributed by atoms with Crippen molar-refractivity contribution in [2.45, 2.75) is 18.8 Å². The lowest BCUT2D eigenvalue weighted by molar-refractivity contribution is 0.0964. The van der Waals surface area contributed by atoms with Gasteiger partial charge in [0.2, 0.25) is 0 Å². The molecule has 3 aromatic rings. The normalized spacial score (nSPS) is 16.5. The van der Waals surface area contributed by atoms with Gasteiger partial charge in [-0.25, -0.2) is 0 Å². The van der Waals surface area contributed by atoms with Gasteiger partial charge >= 0.3 is 0 Å². The summed E-state index contributed by atoms with van der Waals surface area (Å²) >= 11 is 0. The van der Waals surface area contributed by atoms with Crippen LogP contribution in [0.25, 0.3) is 10.9 Å². The summed E-state index contributed by atoms with van der Waals surface area (Å²) in [7, 11) is 2.18. The number of hydrogen-bond acceptors (Lipinski definition) is 2. The molecule has 2 aromatic carbocycles. The number of piperidine rings is 1. The SMILES string of the molecule is CN1CCC(c2cn(C(=O)c3ccccc3)c3ccccc23)CC1. The molecule has 1 saturated heterocycles. The molecule has 1 aliphatic heterocycles. The molecular formula is C21H22N2O. The van der Waals surface area contributed by atoms with Gasteiger partial charge in [-0.1, -0.05) is 36.4 Å². The van der Waals surface area contributed by atoms with E-state index in [4.69, 9.17) is 0 Å². The zero-order chi connectivity index (χ0) is 16.5. The molecular weight excluding hydrogens is 296 g/mol. The molecule has 0 radical (unpaired) electrons. The Kier molecular flexibility index (Phi) is 3.95. The Labute approximate surface area is 142 Å². The molecule has 1 aliphatic rings. The van der Waals surface area contributed by atoms with Crippen molar-refractivity contribution in [2.75, 3.05) is 20.1 Å². The quantitative estimate of drug-likeness (QED) is 0.709. The fraction of sp³-hybridized carbons (Fsp3) is 0.286. The molecule has 0 amide bonds. The number of likely N-dealkylation sites (tertiary alicyclic amines) is 1. The van der Waals surface area contributed by atoms with E-state index in [0.29, 0.717) is 5.92 Å². The van der Waals surface area contributed by atoms with Gasteiger partial charge in [-0.15, -0.1) is 0 Å². The number of hydrogen-bond donors (Lipinski definition) is 0. The van der Waals surface area contributed by atoms with Crippen LogP contribution < -0.4 is 0 Å². The summed E-state index contributed by atoms with van der Waals surface area (Å²) in [6.45, 7) is 2.24. The summed E-state index contributed by atoms with van der Waals surface area (Å²) in [5.74, 6) is 0.585. The zero-order valence-corrected chi connectivity index (χ0v) is 14.0. The topological polar surface area (TPSA) is 25.2 Å². The van der Waals surface area contributed by atoms with Crippen molar-refractivity contribution in [2.24, 2.45) is 0 Å². The number of carbonyl (C=O) groups is 1. The van der Waals surface area contributed by atoms with Gasteiger partial charge in [0.05, 0.1) is 5.52 Å². The maximum Gasteiger partial charge on any atom is 0.262 e. The van der Waals surface area contributed by atoms with Crippen molar-refractivity contribution in [3.8, 4) is 0 Å². The Bertz CT molecular complexity index is 858. The second-order valence-corrected chi connectivity index (χ2v) is 6.72. The van der Waals surface area contributed by atoms with E-state index in [9.17, 15) is 4.79 Å². The van der Waals surface area contributed by atoms with Gasteiger partial charge in [0.1, 0.15) is 0 Å². The highest BCUT2D eigenvalue weighted by atomic mass is 16.2. The largest absolute Gasteiger partial charge is 0.306 e. The Morgan fingerprint density at radius 1 is 0.958 bits per heavy atom. The number of para-hydroxylation sites is 1. The van der Waals surface area contributed by atoms with Gasteiger partial charge in [-0.2, -0.15) is 0 Å². The third-order valence-corrected chi connectivity index (χ3v) is 5.14. The highest BCUT2D eigenvalue weighted by Crippen LogP contribution is 2.34. The molecule has 3 heteroatoms. The van der Waals surface area contributed by atoms with Gasteiger partial charge in [-0.05, 0) is 62.7 Å². The Morgan fingerprint density at radius 3 is 2.38 bits per heavy atom. The predicted octanol–water partition coefficient (Wildman–Crippen LogP) is 4.14. The third kappa shape index (κ3) is 2.65. The molecule has 0 N–H and O–H groups in total. The monoisotopic (exact) mass is 318 g/mol. The zero-order valence-electron chi connectivity index (χ0n) is 14.0. The van der Waals surface area contributed by atoms with Crippen molar-refractivity contribution in [1.82, 2.24) is 9.47 Å². The fourth-order valence-corrected chi connectivity index (χ4v) is 3.74. The van der Waals surface area contributed by atoms with E-state index in [2.05, 4.69) is 36.3 Å². The van der Waals surface area contributed by atoms with Crippen LogP contribution in [0.3, 0.4) is 0 Å². The number of nitrogens with zero attached hydrogens (tertiary/aromatic N) is 2. The highest BCUT2D eigenvalue weighted by Gasteiger charge is 2.23. The van der Waals surface area contributed by atoms with Crippen LogP contribution in [0.2, 0.25) is 0 Å². The second kappa shape index (κ2) is 6.25. The summed E-state index contributed by atoms with van der Waals surface area (Å²) in [6, 6.07) is 17.8. The highest BCUT2D eigenvalue weighted by molar-refractivity contribution is 6.03. The van der Waals surface area contributed by atoms with Gasteiger partial charge in [-0.3, -0.25) is 9.36 Å². The molecule has 122 valence electrons. The first-order chi connectivity index (χ1) is 11.7. The van der Waals surface area contributed by atoms with E-state index >= 15 is 0 Å². The van der Waals surface area contributed by atoms with Crippen LogP contribution >= 0.6 is 0 Å². The van der Waals surface area contributed by atoms with Crippen molar-refractivity contribution in [3.63, 3.8) is 0 Å². The van der Waals surface area contributed by atoms with Crippen LogP contribution in [0, 0.1) is 0 Å². The fourth-order valence-electron chi connectivity index (χ4n) is 3.74. The molecule has 0 aliphatic carbocycles. The molecule has 4 rings (SSSR count). The van der Waals surface area contributed by atoms with E-state index < -0.39 is 0 Å². The lowest BCUT2D eigenvalue weighted by atomic mass is 9.89. The van der Waals surface area contributed by atoms with Crippen molar-refractivity contribution < 1.29 is 4.79 Å². The Balaban J connectivity index is 1.78. The molecule has 3 nitrogen and oxygen atoms in total. The lowest BCUT2D eigenvalue weighted by Gasteiger charge is -2.28. The molecule has 1 aromatic heterocycles. The number of rotatable bonds is 2. The van der Waals surface area contributed by atoms with Crippen molar-refractivity contribution in [1.29, 1.82) is 0 Å². The standard InChI is InChI=1S/C21H22N2O/c1-22-13-11-16(12-14-22)19-15-23(20-10-6-5-9-18(19)20)21(24)17-7-3-2-4-8-17/h2-10,15-16H,11-14H2,1H3. The van der Waals surface area contributed by atoms with Crippen molar-refractivity contribution in [3.05, 3.63) is 71.9 Å². The maximum absolute atomic E-state index is 13.0. The summed E-state index contributed by atoms with van der Waals surface area (Å²) < 4.78 is 1.83. The first-order valence-corrected chi connectivity index (χ1v) is 8.62. The minimum Gasteiger partial charge on any atom is -0.306 e. The minimum absolute atomic E-state index is 0.0472. The molecule has 0 unspecified atom stereocenters. The summed E-state index contributed by atoms with van der Waals surface area (Å²) in [6.07, 6.45) is 4.39. The molecule has 0 bridgehead atoms. The summed E-state index contributed by atoms with van der Waals surface area (Å²) in [5.41, 5.74) is 3.07. The molecule has 0 saturated carbocycles. The maximum atomic E-state index is 13.0. The van der Waals surface area contributed by atoms with Gasteiger partial charge in [0.15, 0.2) is 0 Å². The molecule has 24 heavy (non-hydrogen) atoms. The molecule has 0 spiro atoms. The minimum atomic E-state index is 0.0472. The lowest BCUT2D eigenvalue weighted by Crippen LogP contribution is -2.29. The summed E-state index contributed by atoms with van der Waals surface area (Å²) in [5, 5.41) is 1.22. The van der Waals surface area contributed by atoms with Crippen LogP contribution in [0.4, 0.5) is 0 Å². The van der Waals surface area contributed by atoms with Crippen LogP contribution in [0.5, 0.6) is 0 Å². The van der Waals surface area contributed by atoms with Crippen LogP contribution in [0.1, 0.15) is 34.7 Å². The van der Waals surface area contributed by atoms with E-state index in [-0.39, 0.29) is 5.91 Å². The molecule has 1 fully saturated rings. The smallest absolute Gasteiger partial charge is 0.262 e. The second-order valence-electron chi connectivity index (χ2n) is 6.72. The number of aromatic nitrogens is 1. The number of benzene rings is 2. The van der Waals surface area contributed by atoms with Crippen molar-refractivity contribution >= 4 is 16.8 Å².